The monoisotopic (exact) mass is 402 g/mol. The van der Waals surface area contributed by atoms with E-state index in [1.165, 1.54) is 0 Å². The molecule has 4 rings (SSSR count). The van der Waals surface area contributed by atoms with Gasteiger partial charge in [0, 0.05) is 29.6 Å². The van der Waals surface area contributed by atoms with Crippen molar-refractivity contribution in [3.05, 3.63) is 71.0 Å². The molecule has 0 saturated carbocycles. The molecule has 0 fully saturated rings. The third kappa shape index (κ3) is 3.72. The van der Waals surface area contributed by atoms with Crippen molar-refractivity contribution in [1.29, 1.82) is 0 Å². The number of rotatable bonds is 6. The van der Waals surface area contributed by atoms with Gasteiger partial charge >= 0.3 is 5.97 Å². The summed E-state index contributed by atoms with van der Waals surface area (Å²) in [5, 5.41) is 11.9. The van der Waals surface area contributed by atoms with E-state index in [0.29, 0.717) is 12.0 Å². The van der Waals surface area contributed by atoms with Gasteiger partial charge in [-0.3, -0.25) is 9.59 Å². The molecule has 0 saturated heterocycles. The summed E-state index contributed by atoms with van der Waals surface area (Å²) in [6.45, 7) is 1.93. The zero-order chi connectivity index (χ0) is 21.3. The third-order valence-electron chi connectivity index (χ3n) is 5.33. The third-order valence-corrected chi connectivity index (χ3v) is 5.33. The van der Waals surface area contributed by atoms with Gasteiger partial charge in [0.25, 0.3) is 5.91 Å². The highest BCUT2D eigenvalue weighted by Gasteiger charge is 2.25. The fourth-order valence-corrected chi connectivity index (χ4v) is 3.73. The van der Waals surface area contributed by atoms with Crippen LogP contribution in [0.1, 0.15) is 28.8 Å². The first kappa shape index (κ1) is 19.5. The van der Waals surface area contributed by atoms with E-state index in [1.54, 1.807) is 13.2 Å². The van der Waals surface area contributed by atoms with Crippen LogP contribution in [0.25, 0.3) is 22.8 Å². The maximum absolute atomic E-state index is 12.7. The van der Waals surface area contributed by atoms with Crippen molar-refractivity contribution in [2.24, 2.45) is 0 Å². The number of hydrogen-bond acceptors (Lipinski definition) is 3. The standard InChI is InChI=1S/C24H22N2O4/c1-14-13-25-21(18(14)8-9-23(27)28)12-20-19-7-6-16(11-22(19)26-24(20)29)15-4-3-5-17(10-15)30-2/h3-7,10-13,25H,8-9H2,1-2H3,(H,26,29)(H,27,28). The van der Waals surface area contributed by atoms with E-state index in [4.69, 9.17) is 9.84 Å². The predicted octanol–water partition coefficient (Wildman–Crippen LogP) is 4.51. The van der Waals surface area contributed by atoms with Crippen LogP contribution in [0.15, 0.2) is 48.7 Å². The van der Waals surface area contributed by atoms with Crippen LogP contribution >= 0.6 is 0 Å². The number of carbonyl (C=O) groups is 2. The summed E-state index contributed by atoms with van der Waals surface area (Å²) in [4.78, 5) is 26.8. The number of aryl methyl sites for hydroxylation is 1. The van der Waals surface area contributed by atoms with Crippen molar-refractivity contribution in [3.8, 4) is 16.9 Å². The van der Waals surface area contributed by atoms with Gasteiger partial charge in [0.15, 0.2) is 0 Å². The van der Waals surface area contributed by atoms with Crippen LogP contribution in [0.2, 0.25) is 0 Å². The van der Waals surface area contributed by atoms with E-state index in [1.807, 2.05) is 55.6 Å². The molecule has 0 bridgehead atoms. The van der Waals surface area contributed by atoms with E-state index >= 15 is 0 Å². The molecule has 6 nitrogen and oxygen atoms in total. The van der Waals surface area contributed by atoms with Crippen molar-refractivity contribution < 1.29 is 19.4 Å². The quantitative estimate of drug-likeness (QED) is 0.529. The number of aliphatic carboxylic acids is 1. The lowest BCUT2D eigenvalue weighted by molar-refractivity contribution is -0.137. The van der Waals surface area contributed by atoms with Gasteiger partial charge in [-0.25, -0.2) is 0 Å². The summed E-state index contributed by atoms with van der Waals surface area (Å²) in [5.74, 6) is -0.249. The van der Waals surface area contributed by atoms with Gasteiger partial charge in [-0.2, -0.15) is 0 Å². The number of nitrogens with one attached hydrogen (secondary N) is 2. The van der Waals surface area contributed by atoms with Crippen LogP contribution in [0.3, 0.4) is 0 Å². The molecule has 2 heterocycles. The molecule has 0 radical (unpaired) electrons. The largest absolute Gasteiger partial charge is 0.497 e. The smallest absolute Gasteiger partial charge is 0.303 e. The Morgan fingerprint density at radius 3 is 2.73 bits per heavy atom. The second-order valence-electron chi connectivity index (χ2n) is 7.26. The molecule has 3 N–H and O–H groups in total. The number of carbonyl (C=O) groups excluding carboxylic acids is 1. The molecule has 2 aromatic carbocycles. The normalized spacial score (nSPS) is 13.9. The molecule has 1 amide bonds. The molecule has 1 aliphatic heterocycles. The Morgan fingerprint density at radius 2 is 1.97 bits per heavy atom. The number of carboxylic acids is 1. The van der Waals surface area contributed by atoms with Gasteiger partial charge in [-0.15, -0.1) is 0 Å². The van der Waals surface area contributed by atoms with Crippen LogP contribution in [0, 0.1) is 6.92 Å². The summed E-state index contributed by atoms with van der Waals surface area (Å²) in [5.41, 5.74) is 6.77. The number of aromatic nitrogens is 1. The highest BCUT2D eigenvalue weighted by molar-refractivity contribution is 6.35. The Hall–Kier alpha value is -3.80. The Balaban J connectivity index is 1.69. The first-order valence-electron chi connectivity index (χ1n) is 9.67. The Labute approximate surface area is 174 Å². The molecular weight excluding hydrogens is 380 g/mol. The van der Waals surface area contributed by atoms with Gasteiger partial charge in [-0.05, 0) is 59.9 Å². The van der Waals surface area contributed by atoms with Gasteiger partial charge in [0.1, 0.15) is 5.75 Å². The molecule has 0 atom stereocenters. The van der Waals surface area contributed by atoms with Crippen molar-refractivity contribution in [1.82, 2.24) is 4.98 Å². The first-order valence-corrected chi connectivity index (χ1v) is 9.67. The van der Waals surface area contributed by atoms with E-state index in [-0.39, 0.29) is 12.3 Å². The first-order chi connectivity index (χ1) is 14.5. The second kappa shape index (κ2) is 7.91. The molecular formula is C24H22N2O4. The summed E-state index contributed by atoms with van der Waals surface area (Å²) < 4.78 is 5.30. The number of benzene rings is 2. The van der Waals surface area contributed by atoms with Gasteiger partial charge in [0.05, 0.1) is 12.7 Å². The van der Waals surface area contributed by atoms with Crippen molar-refractivity contribution in [2.75, 3.05) is 12.4 Å². The number of hydrogen-bond donors (Lipinski definition) is 3. The van der Waals surface area contributed by atoms with Gasteiger partial charge < -0.3 is 20.1 Å². The molecule has 152 valence electrons. The number of amides is 1. The number of aromatic amines is 1. The van der Waals surface area contributed by atoms with Crippen LogP contribution < -0.4 is 10.1 Å². The number of anilines is 1. The number of ether oxygens (including phenoxy) is 1. The molecule has 0 spiro atoms. The maximum atomic E-state index is 12.7. The minimum absolute atomic E-state index is 0.0432. The number of H-pyrrole nitrogens is 1. The number of methoxy groups -OCH3 is 1. The topological polar surface area (TPSA) is 91.4 Å². The molecule has 30 heavy (non-hydrogen) atoms. The molecule has 3 aromatic rings. The number of carboxylic acid groups (broad SMARTS) is 1. The van der Waals surface area contributed by atoms with Crippen LogP contribution in [0.4, 0.5) is 5.69 Å². The Morgan fingerprint density at radius 1 is 1.17 bits per heavy atom. The van der Waals surface area contributed by atoms with Gasteiger partial charge in [-0.1, -0.05) is 24.3 Å². The molecule has 1 aromatic heterocycles. The fourth-order valence-electron chi connectivity index (χ4n) is 3.73. The van der Waals surface area contributed by atoms with Crippen LogP contribution in [-0.2, 0) is 16.0 Å². The van der Waals surface area contributed by atoms with E-state index in [9.17, 15) is 9.59 Å². The van der Waals surface area contributed by atoms with E-state index in [2.05, 4.69) is 10.3 Å². The van der Waals surface area contributed by atoms with E-state index < -0.39 is 5.97 Å². The van der Waals surface area contributed by atoms with Crippen LogP contribution in [-0.4, -0.2) is 29.1 Å². The minimum Gasteiger partial charge on any atom is -0.497 e. The fraction of sp³-hybridized carbons (Fsp3) is 0.167. The Kier molecular flexibility index (Phi) is 5.14. The SMILES string of the molecule is COc1cccc(-c2ccc3c(c2)NC(=O)C3=Cc2[nH]cc(C)c2CCC(=O)O)c1. The zero-order valence-corrected chi connectivity index (χ0v) is 16.8. The summed E-state index contributed by atoms with van der Waals surface area (Å²) in [7, 11) is 1.63. The summed E-state index contributed by atoms with van der Waals surface area (Å²) >= 11 is 0. The Bertz CT molecular complexity index is 1170. The van der Waals surface area contributed by atoms with Crippen molar-refractivity contribution in [3.63, 3.8) is 0 Å². The lowest BCUT2D eigenvalue weighted by Gasteiger charge is -2.07. The van der Waals surface area contributed by atoms with E-state index in [0.717, 1.165) is 44.9 Å². The van der Waals surface area contributed by atoms with Gasteiger partial charge in [0.2, 0.25) is 0 Å². The highest BCUT2D eigenvalue weighted by atomic mass is 16.5. The summed E-state index contributed by atoms with van der Waals surface area (Å²) in [6, 6.07) is 13.6. The molecule has 1 aliphatic rings. The molecule has 0 aliphatic carbocycles. The molecule has 0 unspecified atom stereocenters. The van der Waals surface area contributed by atoms with Crippen molar-refractivity contribution >= 4 is 29.2 Å². The average Bonchev–Trinajstić information content (AvgIpc) is 3.25. The maximum Gasteiger partial charge on any atom is 0.303 e. The van der Waals surface area contributed by atoms with Crippen molar-refractivity contribution in [2.45, 2.75) is 19.8 Å². The number of fused-ring (bicyclic) bond motifs is 1. The molecule has 6 heteroatoms. The highest BCUT2D eigenvalue weighted by Crippen LogP contribution is 2.37. The summed E-state index contributed by atoms with van der Waals surface area (Å²) in [6.07, 6.45) is 4.09. The van der Waals surface area contributed by atoms with Crippen LogP contribution in [0.5, 0.6) is 5.75 Å². The zero-order valence-electron chi connectivity index (χ0n) is 16.8. The predicted molar refractivity (Wildman–Crippen MR) is 116 cm³/mol. The minimum atomic E-state index is -0.844. The average molecular weight is 402 g/mol. The lowest BCUT2D eigenvalue weighted by atomic mass is 9.98. The second-order valence-corrected chi connectivity index (χ2v) is 7.26. The lowest BCUT2D eigenvalue weighted by Crippen LogP contribution is -2.04.